The van der Waals surface area contributed by atoms with Gasteiger partial charge in [-0.25, -0.2) is 0 Å². The molecule has 0 heterocycles. The number of hydrogen-bond donors (Lipinski definition) is 1. The average molecular weight is 551 g/mol. The maximum Gasteiger partial charge on any atom is 0.243 e. The van der Waals surface area contributed by atoms with Gasteiger partial charge in [-0.05, 0) is 69.0 Å². The van der Waals surface area contributed by atoms with Crippen molar-refractivity contribution in [1.82, 2.24) is 10.2 Å². The number of rotatable bonds is 14. The molecule has 3 rings (SSSR count). The second kappa shape index (κ2) is 15.2. The van der Waals surface area contributed by atoms with E-state index in [4.69, 9.17) is 21.1 Å². The highest BCUT2D eigenvalue weighted by Crippen LogP contribution is 2.29. The van der Waals surface area contributed by atoms with Crippen LogP contribution in [0.2, 0.25) is 5.02 Å². The van der Waals surface area contributed by atoms with Gasteiger partial charge in [0.25, 0.3) is 0 Å². The number of nitrogens with one attached hydrogen (secondary N) is 1. The number of benzene rings is 3. The van der Waals surface area contributed by atoms with Gasteiger partial charge in [0.2, 0.25) is 11.8 Å². The highest BCUT2D eigenvalue weighted by atomic mass is 35.5. The van der Waals surface area contributed by atoms with Gasteiger partial charge in [-0.1, -0.05) is 66.2 Å². The molecule has 7 heteroatoms. The summed E-state index contributed by atoms with van der Waals surface area (Å²) < 4.78 is 11.4. The minimum absolute atomic E-state index is 0.0612. The molecule has 0 aliphatic carbocycles. The van der Waals surface area contributed by atoms with Crippen molar-refractivity contribution in [3.63, 3.8) is 0 Å². The average Bonchev–Trinajstić information content (AvgIpc) is 2.92. The summed E-state index contributed by atoms with van der Waals surface area (Å²) >= 11 is 6.50. The van der Waals surface area contributed by atoms with Gasteiger partial charge in [-0.3, -0.25) is 9.59 Å². The molecule has 0 radical (unpaired) electrons. The number of nitrogens with zero attached hydrogens (tertiary/aromatic N) is 1. The topological polar surface area (TPSA) is 67.9 Å². The Hall–Kier alpha value is -3.51. The van der Waals surface area contributed by atoms with E-state index in [1.54, 1.807) is 11.0 Å². The first-order valence-corrected chi connectivity index (χ1v) is 14.0. The molecule has 0 aromatic heterocycles. The summed E-state index contributed by atoms with van der Waals surface area (Å²) in [5, 5.41) is 3.58. The quantitative estimate of drug-likeness (QED) is 0.258. The minimum Gasteiger partial charge on any atom is -0.490 e. The van der Waals surface area contributed by atoms with Gasteiger partial charge >= 0.3 is 0 Å². The number of halogens is 1. The second-order valence-electron chi connectivity index (χ2n) is 9.63. The van der Waals surface area contributed by atoms with Crippen molar-refractivity contribution in [3.05, 3.63) is 94.5 Å². The molecule has 1 N–H and O–H groups in total. The molecule has 39 heavy (non-hydrogen) atoms. The lowest BCUT2D eigenvalue weighted by Crippen LogP contribution is -2.51. The van der Waals surface area contributed by atoms with Crippen LogP contribution >= 0.6 is 11.6 Å². The molecule has 1 atom stereocenters. The van der Waals surface area contributed by atoms with Crippen LogP contribution in [0.3, 0.4) is 0 Å². The first-order chi connectivity index (χ1) is 18.8. The lowest BCUT2D eigenvalue weighted by atomic mass is 10.0. The number of carbonyl (C=O) groups is 2. The number of amides is 2. The molecule has 3 aromatic rings. The van der Waals surface area contributed by atoms with Crippen LogP contribution in [0.4, 0.5) is 0 Å². The van der Waals surface area contributed by atoms with Crippen LogP contribution in [0.5, 0.6) is 11.5 Å². The summed E-state index contributed by atoms with van der Waals surface area (Å²) in [6.45, 7) is 8.97. The van der Waals surface area contributed by atoms with Gasteiger partial charge in [-0.15, -0.1) is 0 Å². The number of carbonyl (C=O) groups excluding carboxylic acids is 2. The predicted molar refractivity (Wildman–Crippen MR) is 156 cm³/mol. The monoisotopic (exact) mass is 550 g/mol. The number of ether oxygens (including phenoxy) is 2. The van der Waals surface area contributed by atoms with Crippen molar-refractivity contribution in [1.29, 1.82) is 0 Å². The minimum atomic E-state index is -0.696. The first kappa shape index (κ1) is 30.0. The van der Waals surface area contributed by atoms with Crippen LogP contribution in [-0.2, 0) is 29.0 Å². The van der Waals surface area contributed by atoms with Gasteiger partial charge in [0.05, 0.1) is 13.2 Å². The van der Waals surface area contributed by atoms with E-state index in [9.17, 15) is 9.59 Å². The fraction of sp³-hybridized carbons (Fsp3) is 0.375. The van der Waals surface area contributed by atoms with Crippen molar-refractivity contribution in [2.75, 3.05) is 13.2 Å². The van der Waals surface area contributed by atoms with Gasteiger partial charge in [-0.2, -0.15) is 0 Å². The molecule has 0 saturated heterocycles. The van der Waals surface area contributed by atoms with Crippen molar-refractivity contribution in [3.8, 4) is 11.5 Å². The zero-order chi connectivity index (χ0) is 28.2. The molecule has 3 aromatic carbocycles. The van der Waals surface area contributed by atoms with E-state index >= 15 is 0 Å². The maximum absolute atomic E-state index is 13.9. The third-order valence-corrected chi connectivity index (χ3v) is 6.60. The molecule has 0 aliphatic rings. The lowest BCUT2D eigenvalue weighted by molar-refractivity contribution is -0.141. The number of hydrogen-bond acceptors (Lipinski definition) is 4. The highest BCUT2D eigenvalue weighted by molar-refractivity contribution is 6.31. The molecule has 0 bridgehead atoms. The summed E-state index contributed by atoms with van der Waals surface area (Å²) in [4.78, 5) is 29.1. The van der Waals surface area contributed by atoms with Crippen molar-refractivity contribution in [2.45, 2.75) is 65.6 Å². The maximum atomic E-state index is 13.9. The van der Waals surface area contributed by atoms with E-state index in [0.717, 1.165) is 16.7 Å². The van der Waals surface area contributed by atoms with Gasteiger partial charge in [0.1, 0.15) is 6.04 Å². The molecule has 2 amide bonds. The molecular weight excluding hydrogens is 512 g/mol. The van der Waals surface area contributed by atoms with Gasteiger partial charge in [0.15, 0.2) is 11.5 Å². The second-order valence-corrected chi connectivity index (χ2v) is 10.0. The normalized spacial score (nSPS) is 11.6. The standard InChI is InChI=1S/C32H39ClN2O4/c1-5-38-29-18-16-25(21-30(29)39-6-2)17-19-31(36)35(22-26-14-10-11-15-27(26)33)28(32(37)34-23(3)4)20-24-12-8-7-9-13-24/h7-16,18,21,23,28H,5-6,17,19-20,22H2,1-4H3,(H,34,37). The molecule has 6 nitrogen and oxygen atoms in total. The Kier molecular flexibility index (Phi) is 11.7. The van der Waals surface area contributed by atoms with Crippen molar-refractivity contribution in [2.24, 2.45) is 0 Å². The van der Waals surface area contributed by atoms with E-state index in [-0.39, 0.29) is 30.8 Å². The SMILES string of the molecule is CCOc1ccc(CCC(=O)N(Cc2ccccc2Cl)C(Cc2ccccc2)C(=O)NC(C)C)cc1OCC. The third kappa shape index (κ3) is 9.03. The fourth-order valence-electron chi connectivity index (χ4n) is 4.39. The summed E-state index contributed by atoms with van der Waals surface area (Å²) in [6, 6.07) is 22.2. The first-order valence-electron chi connectivity index (χ1n) is 13.6. The predicted octanol–water partition coefficient (Wildman–Crippen LogP) is 6.23. The Morgan fingerprint density at radius 1 is 0.872 bits per heavy atom. The summed E-state index contributed by atoms with van der Waals surface area (Å²) in [7, 11) is 0. The van der Waals surface area contributed by atoms with E-state index < -0.39 is 6.04 Å². The lowest BCUT2D eigenvalue weighted by Gasteiger charge is -2.32. The van der Waals surface area contributed by atoms with Crippen LogP contribution in [-0.4, -0.2) is 42.0 Å². The number of aryl methyl sites for hydroxylation is 1. The molecule has 0 spiro atoms. The van der Waals surface area contributed by atoms with E-state index in [1.807, 2.05) is 94.4 Å². The van der Waals surface area contributed by atoms with Crippen LogP contribution in [0.25, 0.3) is 0 Å². The molecular formula is C32H39ClN2O4. The Morgan fingerprint density at radius 3 is 2.21 bits per heavy atom. The molecule has 1 unspecified atom stereocenters. The zero-order valence-corrected chi connectivity index (χ0v) is 24.0. The van der Waals surface area contributed by atoms with Crippen LogP contribution < -0.4 is 14.8 Å². The Bertz CT molecular complexity index is 1220. The van der Waals surface area contributed by atoms with E-state index in [1.165, 1.54) is 0 Å². The summed E-state index contributed by atoms with van der Waals surface area (Å²) in [5.74, 6) is 1.04. The summed E-state index contributed by atoms with van der Waals surface area (Å²) in [6.07, 6.45) is 1.12. The highest BCUT2D eigenvalue weighted by Gasteiger charge is 2.31. The third-order valence-electron chi connectivity index (χ3n) is 6.24. The Balaban J connectivity index is 1.90. The van der Waals surface area contributed by atoms with Crippen molar-refractivity contribution >= 4 is 23.4 Å². The van der Waals surface area contributed by atoms with E-state index in [2.05, 4.69) is 5.32 Å². The Morgan fingerprint density at radius 2 is 1.54 bits per heavy atom. The fourth-order valence-corrected chi connectivity index (χ4v) is 4.59. The molecule has 0 aliphatic heterocycles. The van der Waals surface area contributed by atoms with Gasteiger partial charge < -0.3 is 19.7 Å². The van der Waals surface area contributed by atoms with Crippen LogP contribution in [0.15, 0.2) is 72.8 Å². The largest absolute Gasteiger partial charge is 0.490 e. The molecule has 208 valence electrons. The van der Waals surface area contributed by atoms with E-state index in [0.29, 0.717) is 42.6 Å². The summed E-state index contributed by atoms with van der Waals surface area (Å²) in [5.41, 5.74) is 2.73. The Labute approximate surface area is 237 Å². The van der Waals surface area contributed by atoms with Gasteiger partial charge in [0, 0.05) is 30.5 Å². The van der Waals surface area contributed by atoms with Crippen LogP contribution in [0.1, 0.15) is 50.8 Å². The van der Waals surface area contributed by atoms with Crippen LogP contribution in [0, 0.1) is 0 Å². The zero-order valence-electron chi connectivity index (χ0n) is 23.3. The smallest absolute Gasteiger partial charge is 0.243 e. The van der Waals surface area contributed by atoms with Crippen molar-refractivity contribution < 1.29 is 19.1 Å². The molecule has 0 saturated carbocycles. The molecule has 0 fully saturated rings.